The van der Waals surface area contributed by atoms with Crippen LogP contribution in [0.15, 0.2) is 4.79 Å². The molecule has 0 atom stereocenters. The Bertz CT molecular complexity index is 583. The van der Waals surface area contributed by atoms with Gasteiger partial charge in [-0.15, -0.1) is 0 Å². The molecule has 0 aromatic heterocycles. The van der Waals surface area contributed by atoms with Gasteiger partial charge in [-0.2, -0.15) is 0 Å². The van der Waals surface area contributed by atoms with Crippen molar-refractivity contribution in [3.8, 4) is 10.6 Å². The van der Waals surface area contributed by atoms with Crippen LogP contribution in [0, 0.1) is 0 Å². The number of rotatable bonds is 3. The summed E-state index contributed by atoms with van der Waals surface area (Å²) in [4.78, 5) is 24.6. The number of aromatic nitrogens is 1. The van der Waals surface area contributed by atoms with Crippen molar-refractivity contribution < 1.29 is 9.53 Å². The summed E-state index contributed by atoms with van der Waals surface area (Å²) in [5.74, 6) is 1.60. The normalized spacial score (nSPS) is 11.0. The third kappa shape index (κ3) is 1.97. The van der Waals surface area contributed by atoms with Gasteiger partial charge in [0, 0.05) is 0 Å². The Kier molecular flexibility index (Phi) is 3.72. The van der Waals surface area contributed by atoms with E-state index in [0.29, 0.717) is 15.0 Å². The Morgan fingerprint density at radius 3 is 2.76 bits per heavy atom. The van der Waals surface area contributed by atoms with Crippen LogP contribution in [-0.4, -0.2) is 32.1 Å². The van der Waals surface area contributed by atoms with Gasteiger partial charge in [0.1, 0.15) is 0 Å². The van der Waals surface area contributed by atoms with Gasteiger partial charge in [0.05, 0.1) is 0 Å². The molecule has 4 nitrogen and oxygen atoms in total. The van der Waals surface area contributed by atoms with Crippen molar-refractivity contribution in [2.24, 2.45) is 7.05 Å². The van der Waals surface area contributed by atoms with Crippen LogP contribution in [-0.2, 0) is 11.8 Å². The van der Waals surface area contributed by atoms with Gasteiger partial charge in [-0.05, 0) is 0 Å². The molecule has 0 N–H and O–H groups in total. The second kappa shape index (κ2) is 4.94. The Hall–Kier alpha value is -0.621. The number of nitrogens with zero attached hydrogens (tertiary/aromatic N) is 1. The van der Waals surface area contributed by atoms with E-state index in [4.69, 9.17) is 4.74 Å². The minimum atomic E-state index is -0.507. The molecule has 0 saturated carbocycles. The van der Waals surface area contributed by atoms with Crippen molar-refractivity contribution in [3.63, 3.8) is 0 Å². The van der Waals surface area contributed by atoms with Gasteiger partial charge in [0.2, 0.25) is 0 Å². The number of fused-ring (bicyclic) bond motifs is 1. The summed E-state index contributed by atoms with van der Waals surface area (Å²) in [5.41, 5.74) is 0.861. The van der Waals surface area contributed by atoms with Gasteiger partial charge in [-0.3, -0.25) is 0 Å². The quantitative estimate of drug-likeness (QED) is 0.480. The van der Waals surface area contributed by atoms with Gasteiger partial charge >= 0.3 is 112 Å². The maximum atomic E-state index is 12.0. The predicted octanol–water partition coefficient (Wildman–Crippen LogP) is 1.17. The molecule has 0 unspecified atom stereocenters. The van der Waals surface area contributed by atoms with Crippen molar-refractivity contribution >= 4 is 45.4 Å². The van der Waals surface area contributed by atoms with Crippen LogP contribution in [0.2, 0.25) is 5.82 Å². The van der Waals surface area contributed by atoms with Gasteiger partial charge in [0.15, 0.2) is 0 Å². The fourth-order valence-corrected chi connectivity index (χ4v) is 7.15. The van der Waals surface area contributed by atoms with Crippen molar-refractivity contribution in [2.45, 2.75) is 12.7 Å². The van der Waals surface area contributed by atoms with E-state index >= 15 is 0 Å². The Balaban J connectivity index is 2.63. The van der Waals surface area contributed by atoms with E-state index in [-0.39, 0.29) is 17.7 Å². The Morgan fingerprint density at radius 2 is 2.18 bits per heavy atom. The number of carbonyl (C=O) groups excluding carboxylic acids is 1. The van der Waals surface area contributed by atoms with Crippen LogP contribution >= 0.6 is 20.7 Å². The van der Waals surface area contributed by atoms with Gasteiger partial charge in [-0.1, -0.05) is 0 Å². The molecule has 0 amide bonds. The molecule has 17 heavy (non-hydrogen) atoms. The van der Waals surface area contributed by atoms with Crippen molar-refractivity contribution in [2.75, 3.05) is 6.61 Å². The number of ether oxygens (including phenoxy) is 1. The minimum absolute atomic E-state index is 0.195. The summed E-state index contributed by atoms with van der Waals surface area (Å²) in [5, 5.41) is 0. The molecule has 2 aliphatic rings. The summed E-state index contributed by atoms with van der Waals surface area (Å²) in [7, 11) is 4.84. The van der Waals surface area contributed by atoms with E-state index < -0.39 is 5.97 Å². The molecule has 0 aromatic rings. The van der Waals surface area contributed by atoms with E-state index in [0.717, 1.165) is 10.6 Å². The SMILES string of the molecule is CCOC(=O)c1c2ssc([Se]C)c-2n(C)c1=O. The molecule has 0 aromatic carbocycles. The average molecular weight is 336 g/mol. The average Bonchev–Trinajstić information content (AvgIpc) is 2.81. The summed E-state index contributed by atoms with van der Waals surface area (Å²) >= 11 is 0.327. The Morgan fingerprint density at radius 1 is 1.47 bits per heavy atom. The molecule has 0 aliphatic carbocycles. The molecular formula is C10H11NO3S2Se. The standard InChI is InChI=1S/C10H11NO3S2Se/c1-4-14-9(13)5-7-6(11(2)8(5)12)10(17-3)16-15-7/h4H2,1-3H3. The maximum absolute atomic E-state index is 12.0. The zero-order valence-electron chi connectivity index (χ0n) is 9.60. The first kappa shape index (κ1) is 12.8. The van der Waals surface area contributed by atoms with E-state index in [1.54, 1.807) is 28.9 Å². The molecule has 7 heteroatoms. The summed E-state index contributed by atoms with van der Waals surface area (Å²) in [6.07, 6.45) is 0. The predicted molar refractivity (Wildman–Crippen MR) is 71.3 cm³/mol. The van der Waals surface area contributed by atoms with Crippen molar-refractivity contribution in [1.29, 1.82) is 0 Å². The molecule has 2 aliphatic heterocycles. The molecule has 0 bridgehead atoms. The fourth-order valence-electron chi connectivity index (χ4n) is 1.58. The van der Waals surface area contributed by atoms with E-state index in [2.05, 4.69) is 5.82 Å². The van der Waals surface area contributed by atoms with Crippen LogP contribution in [0.4, 0.5) is 0 Å². The monoisotopic (exact) mass is 337 g/mol. The molecule has 0 spiro atoms. The molecule has 2 rings (SSSR count). The molecule has 92 valence electrons. The first-order chi connectivity index (χ1) is 8.11. The third-order valence-electron chi connectivity index (χ3n) is 2.36. The van der Waals surface area contributed by atoms with Crippen molar-refractivity contribution in [1.82, 2.24) is 4.57 Å². The second-order valence-electron chi connectivity index (χ2n) is 3.30. The van der Waals surface area contributed by atoms with Crippen LogP contribution < -0.4 is 9.33 Å². The summed E-state index contributed by atoms with van der Waals surface area (Å²) < 4.78 is 7.70. The topological polar surface area (TPSA) is 48.3 Å². The van der Waals surface area contributed by atoms with Crippen LogP contribution in [0.1, 0.15) is 17.3 Å². The molecule has 0 fully saturated rings. The second-order valence-corrected chi connectivity index (χ2v) is 7.74. The number of esters is 1. The van der Waals surface area contributed by atoms with Gasteiger partial charge in [-0.25, -0.2) is 0 Å². The van der Waals surface area contributed by atoms with E-state index in [1.807, 2.05) is 0 Å². The number of carbonyl (C=O) groups is 1. The Labute approximate surface area is 112 Å². The molecule has 0 saturated heterocycles. The van der Waals surface area contributed by atoms with Gasteiger partial charge < -0.3 is 0 Å². The first-order valence-corrected chi connectivity index (χ1v) is 9.66. The van der Waals surface area contributed by atoms with E-state index in [1.165, 1.54) is 14.1 Å². The summed E-state index contributed by atoms with van der Waals surface area (Å²) in [6, 6.07) is 0. The third-order valence-corrected chi connectivity index (χ3v) is 7.89. The van der Waals surface area contributed by atoms with Crippen LogP contribution in [0.5, 0.6) is 0 Å². The van der Waals surface area contributed by atoms with Gasteiger partial charge in [0.25, 0.3) is 0 Å². The van der Waals surface area contributed by atoms with Crippen molar-refractivity contribution in [3.05, 3.63) is 15.9 Å². The summed E-state index contributed by atoms with van der Waals surface area (Å²) in [6.45, 7) is 2.02. The van der Waals surface area contributed by atoms with Crippen LogP contribution in [0.3, 0.4) is 0 Å². The van der Waals surface area contributed by atoms with Crippen LogP contribution in [0.25, 0.3) is 10.6 Å². The first-order valence-electron chi connectivity index (χ1n) is 4.94. The fraction of sp³-hybridized carbons (Fsp3) is 0.400. The zero-order valence-corrected chi connectivity index (χ0v) is 12.9. The number of hydrogen-bond acceptors (Lipinski definition) is 5. The molecular weight excluding hydrogens is 325 g/mol. The number of hydrogen-bond donors (Lipinski definition) is 0. The molecule has 0 radical (unpaired) electrons. The zero-order chi connectivity index (χ0) is 12.6. The van der Waals surface area contributed by atoms with E-state index in [9.17, 15) is 9.59 Å². The molecule has 2 heterocycles.